The van der Waals surface area contributed by atoms with Gasteiger partial charge >= 0.3 is 65.2 Å². The summed E-state index contributed by atoms with van der Waals surface area (Å²) in [7, 11) is 6.38. The quantitative estimate of drug-likeness (QED) is 0.0261. The van der Waals surface area contributed by atoms with E-state index in [4.69, 9.17) is 66.9 Å². The summed E-state index contributed by atoms with van der Waals surface area (Å²) in [5.41, 5.74) is -4.91. The number of rotatable bonds is 28. The maximum absolute atomic E-state index is 14.0. The van der Waals surface area contributed by atoms with Crippen LogP contribution in [0.2, 0.25) is 0 Å². The minimum Gasteiger partial charge on any atom is -0.480 e. The summed E-state index contributed by atoms with van der Waals surface area (Å²) in [5, 5.41) is 28.4. The summed E-state index contributed by atoms with van der Waals surface area (Å²) in [4.78, 5) is 192. The number of aliphatic carboxylic acids is 1. The van der Waals surface area contributed by atoms with Crippen molar-refractivity contribution < 1.29 is 106 Å². The van der Waals surface area contributed by atoms with Gasteiger partial charge in [-0.3, -0.25) is 28.5 Å². The fraction of sp³-hybridized carbons (Fsp3) is 0.429. The van der Waals surface area contributed by atoms with E-state index in [0.717, 1.165) is 82.8 Å². The number of carboxylic acid groups (broad SMARTS) is 1. The Morgan fingerprint density at radius 3 is 0.970 bits per heavy atom. The van der Waals surface area contributed by atoms with Gasteiger partial charge in [0.25, 0.3) is 16.7 Å². The Morgan fingerprint density at radius 1 is 0.400 bits per heavy atom. The molecule has 0 fully saturated rings. The Balaban J connectivity index is 0.000000356. The molecule has 6 aromatic heterocycles. The summed E-state index contributed by atoms with van der Waals surface area (Å²) in [6, 6.07) is 48.2. The molecular formula is C98H122N6O28S3. The van der Waals surface area contributed by atoms with E-state index in [0.29, 0.717) is 21.5 Å². The van der Waals surface area contributed by atoms with Crippen molar-refractivity contribution in [2.24, 2.45) is 0 Å². The van der Waals surface area contributed by atoms with Crippen molar-refractivity contribution in [3.63, 3.8) is 0 Å². The van der Waals surface area contributed by atoms with Gasteiger partial charge < -0.3 is 58.0 Å². The van der Waals surface area contributed by atoms with Gasteiger partial charge in [-0.25, -0.2) is 56.9 Å². The Kier molecular flexibility index (Phi) is 44.9. The smallest absolute Gasteiger partial charge is 0.373 e. The molecule has 5 atom stereocenters. The van der Waals surface area contributed by atoms with Gasteiger partial charge in [0.05, 0.1) is 67.9 Å². The Labute approximate surface area is 792 Å². The molecule has 11 rings (SSSR count). The first-order chi connectivity index (χ1) is 63.5. The maximum Gasteiger partial charge on any atom is 0.373 e. The third kappa shape index (κ3) is 29.9. The van der Waals surface area contributed by atoms with Crippen LogP contribution in [0.25, 0.3) is 30.6 Å². The van der Waals surface area contributed by atoms with Crippen LogP contribution in [0.15, 0.2) is 180 Å². The standard InChI is InChI=1S/C27H34N2O7S.C23H26N2O7S.C18H24N2O6S.C10H14O.C9H12O2.C9H12O.2CO2/c1-9-35-23(31)20-16(2)19-21(30)29(27(6,7)24(32)36-26(3,4)5)25(33)28(22(19)37-20)15-18(34-8)17-13-11-10-12-14-17;1-6-32-20(27)17-13(2)16-18(26)25(23(3,4)21(28)29)22(30)24(19(16)33-17)12-15(31-5)14-10-8-7-9-11-14;1-8-25-14(22)11-9(2)10-12(27-11)19-16(24)20(13(10)21)18(6,7)15(23)26-17(3,4)5;1-3-10(11-2)9-7-5-4-6-8-9;1-11-9(7-10)8-5-3-2-4-6-8;1-2-9(10)8-6-4-3-5-7-8;2*2-1-3/h10-14,18H,9,15H2,1-8H3;7-11,15H,6,12H2,1-5H3,(H,28,29);8H2,1-7H3,(H,19,24);4-8,10H,3H2,1-2H3;2-6,9-10H,7H2,1H3;3-7,9-10H,2H2,1H3;;/t18-;15-;;10-;2*9-;;/m00.000../s1. The number of fused-ring (bicyclic) bond motifs is 3. The number of aromatic nitrogens is 6. The van der Waals surface area contributed by atoms with Crippen LogP contribution in [0, 0.1) is 20.8 Å². The van der Waals surface area contributed by atoms with Crippen molar-refractivity contribution in [3.8, 4) is 0 Å². The van der Waals surface area contributed by atoms with Crippen molar-refractivity contribution in [2.45, 2.75) is 223 Å². The van der Waals surface area contributed by atoms with Crippen molar-refractivity contribution in [3.05, 3.63) is 273 Å². The fourth-order valence-electron chi connectivity index (χ4n) is 13.4. The SMILES string of the molecule is CCOC(=O)c1sc2[nH]c(=O)n(C(C)(C)C(=O)OC(C)(C)C)c(=O)c2c1C.CCOC(=O)c1sc2c(c1C)c(=O)n(C(C)(C)C(=O)O)c(=O)n2C[C@H](OC)c1ccccc1.CCOC(=O)c1sc2c(c1C)c(=O)n(C(C)(C)C(=O)OC(C)(C)C)c(=O)n2C[C@H](OC)c1ccccc1.CC[C@H](O)c1ccccc1.CC[C@H](OC)c1ccccc1.CO[C@@H](CO)c1ccccc1.O=C=O.O=C=O. The predicted molar refractivity (Wildman–Crippen MR) is 511 cm³/mol. The number of hydrogen-bond acceptors (Lipinski definition) is 30. The third-order valence-corrected chi connectivity index (χ3v) is 24.2. The molecule has 5 aromatic carbocycles. The van der Waals surface area contributed by atoms with Gasteiger partial charge in [-0.2, -0.15) is 19.2 Å². The Morgan fingerprint density at radius 2 is 0.681 bits per heavy atom. The highest BCUT2D eigenvalue weighted by atomic mass is 32.1. The molecule has 6 heterocycles. The molecule has 0 unspecified atom stereocenters. The van der Waals surface area contributed by atoms with Crippen LogP contribution < -0.4 is 33.7 Å². The molecule has 0 bridgehead atoms. The monoisotopic (exact) mass is 1930 g/mol. The number of thiophene rings is 3. The largest absolute Gasteiger partial charge is 0.480 e. The van der Waals surface area contributed by atoms with Crippen LogP contribution in [-0.4, -0.2) is 157 Å². The minimum atomic E-state index is -1.82. The third-order valence-electron chi connectivity index (χ3n) is 20.4. The molecule has 37 heteroatoms. The molecule has 0 radical (unpaired) electrons. The van der Waals surface area contributed by atoms with Gasteiger partial charge in [-0.1, -0.05) is 166 Å². The number of carbonyl (C=O) groups excluding carboxylic acids is 9. The second-order valence-electron chi connectivity index (χ2n) is 33.2. The lowest BCUT2D eigenvalue weighted by Crippen LogP contribution is -2.54. The van der Waals surface area contributed by atoms with Crippen molar-refractivity contribution >= 4 is 113 Å². The van der Waals surface area contributed by atoms with E-state index in [-0.39, 0.29) is 111 Å². The van der Waals surface area contributed by atoms with E-state index in [2.05, 4.69) is 24.0 Å². The maximum atomic E-state index is 14.0. The predicted octanol–water partition coefficient (Wildman–Crippen LogP) is 14.5. The highest BCUT2D eigenvalue weighted by Gasteiger charge is 2.42. The molecular weight excluding hydrogens is 1810 g/mol. The van der Waals surface area contributed by atoms with Crippen LogP contribution in [0.3, 0.4) is 0 Å². The molecule has 34 nitrogen and oxygen atoms in total. The van der Waals surface area contributed by atoms with Gasteiger partial charge in [-0.05, 0) is 182 Å². The number of nitrogens with zero attached hydrogens (tertiary/aromatic N) is 5. The lowest BCUT2D eigenvalue weighted by Gasteiger charge is -2.30. The van der Waals surface area contributed by atoms with E-state index in [1.54, 1.807) is 97.3 Å². The molecule has 730 valence electrons. The first-order valence-corrected chi connectivity index (χ1v) is 45.2. The van der Waals surface area contributed by atoms with Crippen LogP contribution in [0.4, 0.5) is 0 Å². The number of ether oxygens (including phenoxy) is 9. The van der Waals surface area contributed by atoms with Crippen LogP contribution in [-0.2, 0) is 106 Å². The Bertz CT molecular complexity index is 6170. The number of H-pyrrole nitrogens is 1. The Hall–Kier alpha value is -12.6. The second kappa shape index (κ2) is 52.9. The van der Waals surface area contributed by atoms with Gasteiger partial charge in [0, 0.05) is 28.4 Å². The highest BCUT2D eigenvalue weighted by molar-refractivity contribution is 7.21. The number of carbonyl (C=O) groups is 6. The number of carboxylic acids is 1. The van der Waals surface area contributed by atoms with Crippen molar-refractivity contribution in [1.82, 2.24) is 27.8 Å². The van der Waals surface area contributed by atoms with E-state index < -0.39 is 110 Å². The molecule has 0 spiro atoms. The molecule has 0 aliphatic heterocycles. The number of hydrogen-bond donors (Lipinski definition) is 4. The molecule has 0 saturated heterocycles. The zero-order valence-corrected chi connectivity index (χ0v) is 82.9. The lowest BCUT2D eigenvalue weighted by atomic mass is 10.0. The van der Waals surface area contributed by atoms with Crippen LogP contribution in [0.5, 0.6) is 0 Å². The topological polar surface area (TPSA) is 457 Å². The zero-order chi connectivity index (χ0) is 102. The molecule has 0 aliphatic rings. The summed E-state index contributed by atoms with van der Waals surface area (Å²) in [6.07, 6.45) is 1.00. The number of methoxy groups -OCH3 is 4. The summed E-state index contributed by atoms with van der Waals surface area (Å²) >= 11 is 2.97. The van der Waals surface area contributed by atoms with Gasteiger partial charge in [0.1, 0.15) is 75.3 Å². The van der Waals surface area contributed by atoms with Crippen molar-refractivity contribution in [1.29, 1.82) is 0 Å². The number of aliphatic hydroxyl groups excluding tert-OH is 2. The second-order valence-corrected chi connectivity index (χ2v) is 36.2. The summed E-state index contributed by atoms with van der Waals surface area (Å²) in [6.45, 7) is 33.2. The van der Waals surface area contributed by atoms with E-state index in [1.807, 2.05) is 146 Å². The van der Waals surface area contributed by atoms with Crippen LogP contribution in [0.1, 0.15) is 235 Å². The number of aliphatic hydroxyl groups is 2. The first-order valence-electron chi connectivity index (χ1n) is 42.8. The van der Waals surface area contributed by atoms with Crippen molar-refractivity contribution in [2.75, 3.05) is 54.9 Å². The summed E-state index contributed by atoms with van der Waals surface area (Å²) in [5.74, 6) is -4.52. The van der Waals surface area contributed by atoms with Gasteiger partial charge in [-0.15, -0.1) is 34.0 Å². The minimum absolute atomic E-state index is 0.00798. The molecule has 4 N–H and O–H groups in total. The van der Waals surface area contributed by atoms with E-state index in [9.17, 15) is 67.7 Å². The fourth-order valence-corrected chi connectivity index (χ4v) is 16.9. The number of nitrogens with one attached hydrogen (secondary N) is 1. The number of aromatic amines is 1. The van der Waals surface area contributed by atoms with Gasteiger partial charge in [0.15, 0.2) is 0 Å². The lowest BCUT2D eigenvalue weighted by molar-refractivity contribution is -0.193. The normalized spacial score (nSPS) is 12.3. The number of benzene rings is 5. The first kappa shape index (κ1) is 115. The molecule has 0 amide bonds. The molecule has 135 heavy (non-hydrogen) atoms. The highest BCUT2D eigenvalue weighted by Crippen LogP contribution is 2.35. The van der Waals surface area contributed by atoms with Crippen LogP contribution >= 0.6 is 34.0 Å². The average molecular weight is 1930 g/mol. The molecule has 0 aliphatic carbocycles. The van der Waals surface area contributed by atoms with E-state index in [1.165, 1.54) is 70.5 Å². The van der Waals surface area contributed by atoms with E-state index >= 15 is 0 Å². The number of aryl methyl sites for hydroxylation is 3. The van der Waals surface area contributed by atoms with Gasteiger partial charge in [0.2, 0.25) is 0 Å². The molecule has 11 aromatic rings. The average Bonchev–Trinajstić information content (AvgIpc) is 1.62. The number of esters is 5. The molecule has 0 saturated carbocycles. The summed E-state index contributed by atoms with van der Waals surface area (Å²) < 4.78 is 53.0. The zero-order valence-electron chi connectivity index (χ0n) is 80.5.